The number of rotatable bonds is 20. The zero-order valence-corrected chi connectivity index (χ0v) is 25.8. The largest absolute Gasteiger partial charge is 0.481 e. The number of aliphatic hydroxyl groups excluding tert-OH is 1. The van der Waals surface area contributed by atoms with Gasteiger partial charge in [0.05, 0.1) is 30.8 Å². The first-order valence-electron chi connectivity index (χ1n) is 15.4. The number of amides is 4. The Labute approximate surface area is 254 Å². The lowest BCUT2D eigenvalue weighted by Crippen LogP contribution is -2.57. The van der Waals surface area contributed by atoms with Crippen molar-refractivity contribution >= 4 is 29.6 Å². The highest BCUT2D eigenvalue weighted by Crippen LogP contribution is 2.33. The molecule has 12 heteroatoms. The molecule has 0 radical (unpaired) electrons. The van der Waals surface area contributed by atoms with E-state index < -0.39 is 47.9 Å². The van der Waals surface area contributed by atoms with Crippen molar-refractivity contribution in [3.8, 4) is 0 Å². The zero-order valence-electron chi connectivity index (χ0n) is 25.8. The van der Waals surface area contributed by atoms with E-state index >= 15 is 0 Å². The molecule has 0 unspecified atom stereocenters. The molecule has 1 aliphatic carbocycles. The number of aliphatic hydroxyl groups is 1. The molecular formula is C31H49N5O7. The maximum atomic E-state index is 13.5. The highest BCUT2D eigenvalue weighted by Gasteiger charge is 2.35. The summed E-state index contributed by atoms with van der Waals surface area (Å²) in [6.07, 6.45) is 3.59. The highest BCUT2D eigenvalue weighted by atomic mass is 16.4. The smallest absolute Gasteiger partial charge is 0.303 e. The Morgan fingerprint density at radius 3 is 2.28 bits per heavy atom. The molecule has 6 N–H and O–H groups in total. The zero-order chi connectivity index (χ0) is 31.9. The van der Waals surface area contributed by atoms with Gasteiger partial charge in [0.15, 0.2) is 0 Å². The van der Waals surface area contributed by atoms with Crippen LogP contribution in [0.5, 0.6) is 0 Å². The van der Waals surface area contributed by atoms with Gasteiger partial charge in [0, 0.05) is 19.0 Å². The van der Waals surface area contributed by atoms with Gasteiger partial charge in [-0.2, -0.15) is 0 Å². The lowest BCUT2D eigenvalue weighted by molar-refractivity contribution is -0.137. The second kappa shape index (κ2) is 18.2. The normalized spacial score (nSPS) is 16.3. The van der Waals surface area contributed by atoms with Crippen LogP contribution in [0.2, 0.25) is 0 Å². The molecule has 0 spiro atoms. The second-order valence-corrected chi connectivity index (χ2v) is 12.0. The Bertz CT molecular complexity index is 1060. The van der Waals surface area contributed by atoms with E-state index in [4.69, 9.17) is 5.11 Å². The topological polar surface area (TPSA) is 187 Å². The van der Waals surface area contributed by atoms with Crippen LogP contribution >= 0.6 is 0 Å². The summed E-state index contributed by atoms with van der Waals surface area (Å²) in [5.74, 6) is -2.57. The molecule has 2 rings (SSSR count). The predicted octanol–water partition coefficient (Wildman–Crippen LogP) is 2.05. The van der Waals surface area contributed by atoms with Crippen molar-refractivity contribution in [1.29, 1.82) is 0 Å². The van der Waals surface area contributed by atoms with Gasteiger partial charge in [-0.25, -0.2) is 0 Å². The number of carboxylic acids is 1. The van der Waals surface area contributed by atoms with Crippen molar-refractivity contribution in [2.45, 2.75) is 116 Å². The molecule has 4 amide bonds. The Balaban J connectivity index is 2.06. The lowest BCUT2D eigenvalue weighted by atomic mass is 9.95. The van der Waals surface area contributed by atoms with Crippen LogP contribution in [0.25, 0.3) is 0 Å². The van der Waals surface area contributed by atoms with Crippen LogP contribution in [-0.2, 0) is 30.5 Å². The lowest BCUT2D eigenvalue weighted by Gasteiger charge is -2.30. The molecular weight excluding hydrogens is 554 g/mol. The van der Waals surface area contributed by atoms with Gasteiger partial charge in [-0.05, 0) is 49.1 Å². The maximum absolute atomic E-state index is 13.5. The molecule has 240 valence electrons. The number of carbonyl (C=O) groups excluding carboxylic acids is 4. The Hall–Kier alpha value is -3.54. The number of pyridine rings is 1. The quantitative estimate of drug-likeness (QED) is 0.131. The van der Waals surface area contributed by atoms with Crippen LogP contribution in [0.3, 0.4) is 0 Å². The van der Waals surface area contributed by atoms with Gasteiger partial charge >= 0.3 is 5.97 Å². The fraction of sp³-hybridized carbons (Fsp3) is 0.677. The van der Waals surface area contributed by atoms with Gasteiger partial charge in [-0.15, -0.1) is 0 Å². The van der Waals surface area contributed by atoms with Crippen molar-refractivity contribution in [2.24, 2.45) is 17.8 Å². The summed E-state index contributed by atoms with van der Waals surface area (Å²) < 4.78 is 0. The number of carboxylic acid groups (broad SMARTS) is 1. The molecule has 5 atom stereocenters. The fourth-order valence-corrected chi connectivity index (χ4v) is 4.73. The van der Waals surface area contributed by atoms with E-state index in [0.29, 0.717) is 25.0 Å². The van der Waals surface area contributed by atoms with Crippen LogP contribution in [0, 0.1) is 17.8 Å². The standard InChI is InChI=1S/C31H49N5O7/c1-5-20(4)29(36-26(38)10-8-11-28(40)41)31(43)35-24(16-21-12-13-21)30(42)34-23(15-19(2)3)25(37)17-27(39)33-18-22-9-6-7-14-32-22/h6-7,9,14,19-21,23-25,29,37H,5,8,10-13,15-18H2,1-4H3,(H,33,39)(H,34,42)(H,35,43)(H,36,38)(H,40,41)/t20-,23-,24-,25-,29-/m0/s1. The van der Waals surface area contributed by atoms with Crippen molar-refractivity contribution in [1.82, 2.24) is 26.3 Å². The van der Waals surface area contributed by atoms with Crippen molar-refractivity contribution < 1.29 is 34.2 Å². The van der Waals surface area contributed by atoms with Gasteiger partial charge < -0.3 is 31.5 Å². The van der Waals surface area contributed by atoms with Gasteiger partial charge in [0.1, 0.15) is 12.1 Å². The van der Waals surface area contributed by atoms with Gasteiger partial charge in [0.2, 0.25) is 23.6 Å². The average molecular weight is 604 g/mol. The van der Waals surface area contributed by atoms with Crippen LogP contribution in [-0.4, -0.2) is 69.0 Å². The minimum absolute atomic E-state index is 0.0251. The van der Waals surface area contributed by atoms with Crippen molar-refractivity contribution in [3.05, 3.63) is 30.1 Å². The molecule has 0 aromatic carbocycles. The third kappa shape index (κ3) is 14.0. The van der Waals surface area contributed by atoms with Crippen LogP contribution in [0.15, 0.2) is 24.4 Å². The van der Waals surface area contributed by atoms with E-state index in [2.05, 4.69) is 26.3 Å². The minimum atomic E-state index is -1.15. The molecule has 1 aliphatic rings. The van der Waals surface area contributed by atoms with Gasteiger partial charge in [-0.3, -0.25) is 29.0 Å². The fourth-order valence-electron chi connectivity index (χ4n) is 4.73. The third-order valence-corrected chi connectivity index (χ3v) is 7.61. The van der Waals surface area contributed by atoms with E-state index in [1.165, 1.54) is 0 Å². The second-order valence-electron chi connectivity index (χ2n) is 12.0. The summed E-state index contributed by atoms with van der Waals surface area (Å²) in [5.41, 5.74) is 0.683. The summed E-state index contributed by atoms with van der Waals surface area (Å²) in [6, 6.07) is 2.89. The SMILES string of the molecule is CC[C@H](C)[C@H](NC(=O)CCCC(=O)O)C(=O)N[C@@H](CC1CC1)C(=O)N[C@@H](CC(C)C)[C@@H](O)CC(=O)NCc1ccccn1. The average Bonchev–Trinajstić information content (AvgIpc) is 3.77. The number of hydrogen-bond donors (Lipinski definition) is 6. The molecule has 0 bridgehead atoms. The first kappa shape index (κ1) is 35.7. The molecule has 1 aromatic heterocycles. The summed E-state index contributed by atoms with van der Waals surface area (Å²) in [7, 11) is 0. The molecule has 0 saturated heterocycles. The monoisotopic (exact) mass is 603 g/mol. The molecule has 1 saturated carbocycles. The number of aromatic nitrogens is 1. The number of nitrogens with one attached hydrogen (secondary N) is 4. The number of nitrogens with zero attached hydrogens (tertiary/aromatic N) is 1. The van der Waals surface area contributed by atoms with Crippen LogP contribution < -0.4 is 21.3 Å². The first-order valence-corrected chi connectivity index (χ1v) is 15.4. The Morgan fingerprint density at radius 1 is 0.977 bits per heavy atom. The van der Waals surface area contributed by atoms with Gasteiger partial charge in [-0.1, -0.05) is 53.0 Å². The molecule has 43 heavy (non-hydrogen) atoms. The van der Waals surface area contributed by atoms with Crippen LogP contribution in [0.1, 0.15) is 91.2 Å². The molecule has 1 aromatic rings. The molecule has 1 heterocycles. The summed E-state index contributed by atoms with van der Waals surface area (Å²) in [6.45, 7) is 7.83. The van der Waals surface area contributed by atoms with E-state index in [-0.39, 0.29) is 55.9 Å². The Morgan fingerprint density at radius 2 is 1.70 bits per heavy atom. The number of aliphatic carboxylic acids is 1. The number of carbonyl (C=O) groups is 5. The van der Waals surface area contributed by atoms with Crippen LogP contribution in [0.4, 0.5) is 0 Å². The molecule has 1 fully saturated rings. The van der Waals surface area contributed by atoms with E-state index in [9.17, 15) is 29.1 Å². The summed E-state index contributed by atoms with van der Waals surface area (Å²) in [4.78, 5) is 66.9. The predicted molar refractivity (Wildman–Crippen MR) is 160 cm³/mol. The Kier molecular flexibility index (Phi) is 15.1. The molecule has 12 nitrogen and oxygen atoms in total. The minimum Gasteiger partial charge on any atom is -0.481 e. The van der Waals surface area contributed by atoms with Crippen molar-refractivity contribution in [3.63, 3.8) is 0 Å². The first-order chi connectivity index (χ1) is 20.4. The summed E-state index contributed by atoms with van der Waals surface area (Å²) >= 11 is 0. The van der Waals surface area contributed by atoms with Gasteiger partial charge in [0.25, 0.3) is 0 Å². The number of hydrogen-bond acceptors (Lipinski definition) is 7. The van der Waals surface area contributed by atoms with Crippen molar-refractivity contribution in [2.75, 3.05) is 0 Å². The van der Waals surface area contributed by atoms with E-state index in [0.717, 1.165) is 12.8 Å². The highest BCUT2D eigenvalue weighted by molar-refractivity contribution is 5.92. The van der Waals surface area contributed by atoms with E-state index in [1.54, 1.807) is 18.3 Å². The maximum Gasteiger partial charge on any atom is 0.303 e. The summed E-state index contributed by atoms with van der Waals surface area (Å²) in [5, 5.41) is 31.0. The third-order valence-electron chi connectivity index (χ3n) is 7.61. The molecule has 0 aliphatic heterocycles. The van der Waals surface area contributed by atoms with E-state index in [1.807, 2.05) is 33.8 Å².